The predicted molar refractivity (Wildman–Crippen MR) is 45.5 cm³/mol. The molecule has 11 heavy (non-hydrogen) atoms. The summed E-state index contributed by atoms with van der Waals surface area (Å²) in [5, 5.41) is 10.0. The van der Waals surface area contributed by atoms with Crippen LogP contribution < -0.4 is 0 Å². The molecule has 1 aromatic heterocycles. The molecule has 0 fully saturated rings. The van der Waals surface area contributed by atoms with Crippen molar-refractivity contribution < 1.29 is 5.11 Å². The zero-order valence-corrected chi connectivity index (χ0v) is 6.64. The van der Waals surface area contributed by atoms with Crippen LogP contribution in [0.3, 0.4) is 0 Å². The lowest BCUT2D eigenvalue weighted by molar-refractivity contribution is 0.283. The van der Waals surface area contributed by atoms with E-state index in [4.69, 9.17) is 5.11 Å². The number of aliphatic hydroxyl groups is 1. The molecule has 0 spiro atoms. The summed E-state index contributed by atoms with van der Waals surface area (Å²) in [6.45, 7) is 0.0968. The molecule has 1 aromatic carbocycles. The molecule has 0 bridgehead atoms. The van der Waals surface area contributed by atoms with Crippen LogP contribution in [-0.4, -0.2) is 9.48 Å². The van der Waals surface area contributed by atoms with Gasteiger partial charge in [0.2, 0.25) is 0 Å². The van der Waals surface area contributed by atoms with Crippen LogP contribution in [0.15, 0.2) is 24.4 Å². The van der Waals surface area contributed by atoms with E-state index in [0.717, 1.165) is 15.6 Å². The molecule has 0 aliphatic heterocycles. The van der Waals surface area contributed by atoms with Crippen LogP contribution in [0.2, 0.25) is 0 Å². The first kappa shape index (κ1) is 6.76. The van der Waals surface area contributed by atoms with Crippen molar-refractivity contribution in [3.05, 3.63) is 30.0 Å². The third kappa shape index (κ3) is 1.02. The average molecular weight is 165 g/mol. The maximum absolute atomic E-state index is 8.93. The van der Waals surface area contributed by atoms with E-state index < -0.39 is 0 Å². The van der Waals surface area contributed by atoms with Gasteiger partial charge in [-0.05, 0) is 17.1 Å². The molecule has 56 valence electrons. The van der Waals surface area contributed by atoms with Crippen molar-refractivity contribution in [1.29, 1.82) is 0 Å². The van der Waals surface area contributed by atoms with Gasteiger partial charge in [-0.15, -0.1) is 0 Å². The number of fused-ring (bicyclic) bond motifs is 1. The van der Waals surface area contributed by atoms with Gasteiger partial charge >= 0.3 is 0 Å². The molecule has 1 N–H and O–H groups in total. The van der Waals surface area contributed by atoms with Gasteiger partial charge in [0.25, 0.3) is 0 Å². The highest BCUT2D eigenvalue weighted by Gasteiger charge is 1.99. The minimum absolute atomic E-state index is 0.0968. The van der Waals surface area contributed by atoms with Crippen LogP contribution in [0, 0.1) is 0 Å². The van der Waals surface area contributed by atoms with Gasteiger partial charge < -0.3 is 5.11 Å². The van der Waals surface area contributed by atoms with Crippen LogP contribution in [-0.2, 0) is 6.61 Å². The molecule has 0 amide bonds. The van der Waals surface area contributed by atoms with Gasteiger partial charge in [-0.2, -0.15) is 4.37 Å². The Labute approximate surface area is 68.3 Å². The van der Waals surface area contributed by atoms with Gasteiger partial charge in [-0.25, -0.2) is 0 Å². The number of rotatable bonds is 1. The van der Waals surface area contributed by atoms with E-state index >= 15 is 0 Å². The molecule has 2 rings (SSSR count). The second-order valence-corrected chi connectivity index (χ2v) is 3.12. The Morgan fingerprint density at radius 2 is 2.36 bits per heavy atom. The second kappa shape index (κ2) is 2.60. The Kier molecular flexibility index (Phi) is 1.60. The SMILES string of the molecule is OCc1cccc2cnsc12. The summed E-state index contributed by atoms with van der Waals surface area (Å²) in [6.07, 6.45) is 1.82. The third-order valence-electron chi connectivity index (χ3n) is 1.63. The molecule has 0 unspecified atom stereocenters. The summed E-state index contributed by atoms with van der Waals surface area (Å²) < 4.78 is 5.13. The number of hydrogen-bond acceptors (Lipinski definition) is 3. The molecule has 0 atom stereocenters. The van der Waals surface area contributed by atoms with E-state index in [1.807, 2.05) is 24.4 Å². The number of aliphatic hydroxyl groups excluding tert-OH is 1. The number of benzene rings is 1. The van der Waals surface area contributed by atoms with Gasteiger partial charge in [0, 0.05) is 11.6 Å². The van der Waals surface area contributed by atoms with Crippen molar-refractivity contribution in [3.63, 3.8) is 0 Å². The number of aromatic nitrogens is 1. The first-order valence-electron chi connectivity index (χ1n) is 3.35. The second-order valence-electron chi connectivity index (χ2n) is 2.32. The van der Waals surface area contributed by atoms with Gasteiger partial charge in [-0.3, -0.25) is 0 Å². The summed E-state index contributed by atoms with van der Waals surface area (Å²) in [7, 11) is 0. The molecule has 2 nitrogen and oxygen atoms in total. The first-order chi connectivity index (χ1) is 5.42. The highest BCUT2D eigenvalue weighted by molar-refractivity contribution is 7.13. The van der Waals surface area contributed by atoms with E-state index in [1.165, 1.54) is 11.5 Å². The maximum atomic E-state index is 8.93. The summed E-state index contributed by atoms with van der Waals surface area (Å²) in [5.41, 5.74) is 0.963. The standard InChI is InChI=1S/C8H7NOS/c10-5-7-3-1-2-6-4-9-11-8(6)7/h1-4,10H,5H2. The molecule has 0 aliphatic rings. The maximum Gasteiger partial charge on any atom is 0.0696 e. The largest absolute Gasteiger partial charge is 0.392 e. The summed E-state index contributed by atoms with van der Waals surface area (Å²) in [5.74, 6) is 0. The topological polar surface area (TPSA) is 33.1 Å². The fraction of sp³-hybridized carbons (Fsp3) is 0.125. The van der Waals surface area contributed by atoms with Crippen molar-refractivity contribution >= 4 is 21.6 Å². The summed E-state index contributed by atoms with van der Waals surface area (Å²) in [6, 6.07) is 5.85. The Bertz CT molecular complexity index is 369. The van der Waals surface area contributed by atoms with Crippen molar-refractivity contribution in [2.75, 3.05) is 0 Å². The van der Waals surface area contributed by atoms with E-state index in [2.05, 4.69) is 4.37 Å². The summed E-state index contributed by atoms with van der Waals surface area (Å²) in [4.78, 5) is 0. The van der Waals surface area contributed by atoms with Crippen molar-refractivity contribution in [1.82, 2.24) is 4.37 Å². The Morgan fingerprint density at radius 1 is 1.45 bits per heavy atom. The van der Waals surface area contributed by atoms with E-state index in [1.54, 1.807) is 0 Å². The molecule has 0 aliphatic carbocycles. The number of hydrogen-bond donors (Lipinski definition) is 1. The molecular formula is C8H7NOS. The molecule has 0 radical (unpaired) electrons. The lowest BCUT2D eigenvalue weighted by Crippen LogP contribution is -1.80. The van der Waals surface area contributed by atoms with Gasteiger partial charge in [0.05, 0.1) is 11.3 Å². The normalized spacial score (nSPS) is 10.6. The first-order valence-corrected chi connectivity index (χ1v) is 4.12. The zero-order chi connectivity index (χ0) is 7.68. The predicted octanol–water partition coefficient (Wildman–Crippen LogP) is 1.79. The Balaban J connectivity index is 2.79. The van der Waals surface area contributed by atoms with Crippen LogP contribution in [0.25, 0.3) is 10.1 Å². The van der Waals surface area contributed by atoms with Gasteiger partial charge in [0.15, 0.2) is 0 Å². The van der Waals surface area contributed by atoms with Crippen LogP contribution in [0.5, 0.6) is 0 Å². The highest BCUT2D eigenvalue weighted by atomic mass is 32.1. The summed E-state index contributed by atoms with van der Waals surface area (Å²) >= 11 is 1.43. The highest BCUT2D eigenvalue weighted by Crippen LogP contribution is 2.21. The quantitative estimate of drug-likeness (QED) is 0.698. The fourth-order valence-electron chi connectivity index (χ4n) is 1.08. The molecule has 1 heterocycles. The lowest BCUT2D eigenvalue weighted by atomic mass is 10.2. The van der Waals surface area contributed by atoms with Crippen LogP contribution in [0.1, 0.15) is 5.56 Å². The Hall–Kier alpha value is -0.930. The van der Waals surface area contributed by atoms with Gasteiger partial charge in [-0.1, -0.05) is 18.2 Å². The molecule has 3 heteroatoms. The van der Waals surface area contributed by atoms with E-state index in [9.17, 15) is 0 Å². The molecular weight excluding hydrogens is 158 g/mol. The third-order valence-corrected chi connectivity index (χ3v) is 2.52. The molecule has 0 saturated carbocycles. The molecule has 2 aromatic rings. The minimum Gasteiger partial charge on any atom is -0.392 e. The fourth-order valence-corrected chi connectivity index (χ4v) is 1.83. The zero-order valence-electron chi connectivity index (χ0n) is 5.82. The Morgan fingerprint density at radius 3 is 3.18 bits per heavy atom. The monoisotopic (exact) mass is 165 g/mol. The van der Waals surface area contributed by atoms with Crippen LogP contribution >= 0.6 is 11.5 Å². The van der Waals surface area contributed by atoms with Crippen molar-refractivity contribution in [2.24, 2.45) is 0 Å². The smallest absolute Gasteiger partial charge is 0.0696 e. The average Bonchev–Trinajstić information content (AvgIpc) is 2.50. The van der Waals surface area contributed by atoms with E-state index in [0.29, 0.717) is 0 Å². The van der Waals surface area contributed by atoms with Crippen molar-refractivity contribution in [3.8, 4) is 0 Å². The minimum atomic E-state index is 0.0968. The molecule has 0 saturated heterocycles. The number of nitrogens with zero attached hydrogens (tertiary/aromatic N) is 1. The van der Waals surface area contributed by atoms with Crippen molar-refractivity contribution in [2.45, 2.75) is 6.61 Å². The van der Waals surface area contributed by atoms with Crippen LogP contribution in [0.4, 0.5) is 0 Å². The lowest BCUT2D eigenvalue weighted by Gasteiger charge is -1.94. The van der Waals surface area contributed by atoms with E-state index in [-0.39, 0.29) is 6.61 Å². The van der Waals surface area contributed by atoms with Gasteiger partial charge in [0.1, 0.15) is 0 Å².